The Hall–Kier alpha value is -1.40. The van der Waals surface area contributed by atoms with Gasteiger partial charge in [0.05, 0.1) is 18.8 Å². The maximum atomic E-state index is 12.0. The number of aryl methyl sites for hydroxylation is 1. The van der Waals surface area contributed by atoms with E-state index < -0.39 is 5.54 Å². The first-order chi connectivity index (χ1) is 9.97. The van der Waals surface area contributed by atoms with Crippen LogP contribution in [0.15, 0.2) is 17.0 Å². The summed E-state index contributed by atoms with van der Waals surface area (Å²) in [6, 6.07) is -0.152. The fourth-order valence-electron chi connectivity index (χ4n) is 2.15. The molecule has 116 valence electrons. The molecule has 1 aliphatic heterocycles. The van der Waals surface area contributed by atoms with E-state index in [2.05, 4.69) is 21.7 Å². The first kappa shape index (κ1) is 16.0. The van der Waals surface area contributed by atoms with Crippen LogP contribution in [0.2, 0.25) is 0 Å². The van der Waals surface area contributed by atoms with E-state index in [-0.39, 0.29) is 6.03 Å². The Kier molecular flexibility index (Phi) is 5.36. The average Bonchev–Trinajstić information content (AvgIpc) is 2.87. The molecular formula is C15H23N3O2S. The number of ether oxygens (including phenoxy) is 1. The van der Waals surface area contributed by atoms with Crippen LogP contribution in [0.5, 0.6) is 0 Å². The van der Waals surface area contributed by atoms with Crippen LogP contribution in [-0.2, 0) is 10.3 Å². The summed E-state index contributed by atoms with van der Waals surface area (Å²) in [4.78, 5) is 16.4. The minimum atomic E-state index is -0.457. The number of nitrogens with one attached hydrogen (secondary N) is 2. The van der Waals surface area contributed by atoms with Gasteiger partial charge in [-0.15, -0.1) is 11.3 Å². The van der Waals surface area contributed by atoms with Crippen molar-refractivity contribution in [2.24, 2.45) is 0 Å². The Bertz CT molecular complexity index is 523. The van der Waals surface area contributed by atoms with Crippen LogP contribution in [0.25, 0.3) is 0 Å². The van der Waals surface area contributed by atoms with Gasteiger partial charge >= 0.3 is 6.03 Å². The van der Waals surface area contributed by atoms with E-state index >= 15 is 0 Å². The third-order valence-electron chi connectivity index (χ3n) is 3.37. The van der Waals surface area contributed by atoms with Gasteiger partial charge in [-0.2, -0.15) is 0 Å². The number of carbonyl (C=O) groups excluding carboxylic acids is 1. The maximum absolute atomic E-state index is 12.0. The molecule has 0 aliphatic carbocycles. The number of thiazole rings is 1. The van der Waals surface area contributed by atoms with E-state index in [4.69, 9.17) is 4.74 Å². The second-order valence-corrected chi connectivity index (χ2v) is 6.60. The standard InChI is InChI=1S/C15H23N3O2S/c1-11-10-21-13(17-11)15(2,3)18-14(19)16-7-4-12-5-8-20-9-6-12/h5,10H,4,6-9H2,1-3H3,(H2,16,18,19). The number of amides is 2. The normalized spacial score (nSPS) is 15.5. The topological polar surface area (TPSA) is 63.2 Å². The van der Waals surface area contributed by atoms with Crippen molar-refractivity contribution < 1.29 is 9.53 Å². The van der Waals surface area contributed by atoms with Gasteiger partial charge in [0.25, 0.3) is 0 Å². The molecule has 0 saturated heterocycles. The van der Waals surface area contributed by atoms with Gasteiger partial charge in [0.2, 0.25) is 0 Å². The summed E-state index contributed by atoms with van der Waals surface area (Å²) in [6.07, 6.45) is 3.95. The number of nitrogens with zero attached hydrogens (tertiary/aromatic N) is 1. The highest BCUT2D eigenvalue weighted by Crippen LogP contribution is 2.23. The highest BCUT2D eigenvalue weighted by Gasteiger charge is 2.25. The van der Waals surface area contributed by atoms with Crippen LogP contribution >= 0.6 is 11.3 Å². The van der Waals surface area contributed by atoms with Crippen LogP contribution in [0, 0.1) is 6.92 Å². The summed E-state index contributed by atoms with van der Waals surface area (Å²) in [7, 11) is 0. The van der Waals surface area contributed by atoms with Gasteiger partial charge in [0.15, 0.2) is 0 Å². The Labute approximate surface area is 129 Å². The van der Waals surface area contributed by atoms with E-state index in [1.54, 1.807) is 11.3 Å². The molecule has 0 aromatic carbocycles. The second kappa shape index (κ2) is 7.04. The number of aromatic nitrogens is 1. The molecule has 5 nitrogen and oxygen atoms in total. The number of hydrogen-bond acceptors (Lipinski definition) is 4. The summed E-state index contributed by atoms with van der Waals surface area (Å²) in [5.74, 6) is 0. The minimum absolute atomic E-state index is 0.152. The quantitative estimate of drug-likeness (QED) is 0.822. The van der Waals surface area contributed by atoms with Crippen molar-refractivity contribution in [1.82, 2.24) is 15.6 Å². The lowest BCUT2D eigenvalue weighted by atomic mass is 10.1. The van der Waals surface area contributed by atoms with Crippen molar-refractivity contribution in [3.05, 3.63) is 27.7 Å². The lowest BCUT2D eigenvalue weighted by Gasteiger charge is -2.24. The molecule has 1 aliphatic rings. The fourth-order valence-corrected chi connectivity index (χ4v) is 3.03. The third kappa shape index (κ3) is 4.82. The molecule has 0 bridgehead atoms. The van der Waals surface area contributed by atoms with Crippen molar-refractivity contribution in [2.45, 2.75) is 39.2 Å². The van der Waals surface area contributed by atoms with Gasteiger partial charge in [-0.25, -0.2) is 9.78 Å². The second-order valence-electron chi connectivity index (χ2n) is 5.74. The molecule has 0 atom stereocenters. The Morgan fingerprint density at radius 3 is 2.95 bits per heavy atom. The first-order valence-corrected chi connectivity index (χ1v) is 8.09. The van der Waals surface area contributed by atoms with E-state index in [1.165, 1.54) is 5.57 Å². The van der Waals surface area contributed by atoms with Crippen molar-refractivity contribution in [2.75, 3.05) is 19.8 Å². The van der Waals surface area contributed by atoms with Crippen molar-refractivity contribution in [1.29, 1.82) is 0 Å². The SMILES string of the molecule is Cc1csc(C(C)(C)NC(=O)NCCC2=CCOCC2)n1. The Balaban J connectivity index is 1.77. The van der Waals surface area contributed by atoms with Gasteiger partial charge in [0, 0.05) is 17.6 Å². The van der Waals surface area contributed by atoms with E-state index in [9.17, 15) is 4.79 Å². The largest absolute Gasteiger partial charge is 0.377 e. The molecule has 0 fully saturated rings. The zero-order chi connectivity index (χ0) is 15.3. The molecule has 2 amide bonds. The molecule has 1 aromatic rings. The highest BCUT2D eigenvalue weighted by molar-refractivity contribution is 7.09. The van der Waals surface area contributed by atoms with Crippen molar-refractivity contribution in [3.8, 4) is 0 Å². The van der Waals surface area contributed by atoms with Crippen LogP contribution in [0.4, 0.5) is 4.79 Å². The molecule has 0 radical (unpaired) electrons. The maximum Gasteiger partial charge on any atom is 0.315 e. The molecule has 2 heterocycles. The Morgan fingerprint density at radius 2 is 2.33 bits per heavy atom. The van der Waals surface area contributed by atoms with E-state index in [1.807, 2.05) is 26.2 Å². The summed E-state index contributed by atoms with van der Waals surface area (Å²) >= 11 is 1.57. The van der Waals surface area contributed by atoms with Crippen LogP contribution < -0.4 is 10.6 Å². The molecule has 0 saturated carbocycles. The zero-order valence-corrected chi connectivity index (χ0v) is 13.7. The smallest absolute Gasteiger partial charge is 0.315 e. The summed E-state index contributed by atoms with van der Waals surface area (Å²) in [5, 5.41) is 8.80. The van der Waals surface area contributed by atoms with Gasteiger partial charge in [-0.3, -0.25) is 0 Å². The Morgan fingerprint density at radius 1 is 1.52 bits per heavy atom. The molecule has 2 rings (SSSR count). The molecule has 21 heavy (non-hydrogen) atoms. The predicted molar refractivity (Wildman–Crippen MR) is 84.5 cm³/mol. The lowest BCUT2D eigenvalue weighted by Crippen LogP contribution is -2.46. The van der Waals surface area contributed by atoms with Crippen LogP contribution in [0.1, 0.15) is 37.4 Å². The first-order valence-electron chi connectivity index (χ1n) is 7.21. The van der Waals surface area contributed by atoms with E-state index in [0.29, 0.717) is 13.2 Å². The summed E-state index contributed by atoms with van der Waals surface area (Å²) < 4.78 is 5.26. The van der Waals surface area contributed by atoms with Gasteiger partial charge in [-0.05, 0) is 33.6 Å². The lowest BCUT2D eigenvalue weighted by molar-refractivity contribution is 0.153. The molecule has 6 heteroatoms. The number of carbonyl (C=O) groups is 1. The fraction of sp³-hybridized carbons (Fsp3) is 0.600. The van der Waals surface area contributed by atoms with Gasteiger partial charge in [-0.1, -0.05) is 11.6 Å². The van der Waals surface area contributed by atoms with Crippen molar-refractivity contribution in [3.63, 3.8) is 0 Å². The average molecular weight is 309 g/mol. The minimum Gasteiger partial charge on any atom is -0.377 e. The predicted octanol–water partition coefficient (Wildman–Crippen LogP) is 2.72. The molecule has 1 aromatic heterocycles. The third-order valence-corrected chi connectivity index (χ3v) is 4.65. The summed E-state index contributed by atoms with van der Waals surface area (Å²) in [6.45, 7) is 8.01. The van der Waals surface area contributed by atoms with Crippen LogP contribution in [0.3, 0.4) is 0 Å². The van der Waals surface area contributed by atoms with Crippen molar-refractivity contribution >= 4 is 17.4 Å². The monoisotopic (exact) mass is 309 g/mol. The van der Waals surface area contributed by atoms with Gasteiger partial charge < -0.3 is 15.4 Å². The molecule has 0 unspecified atom stereocenters. The van der Waals surface area contributed by atoms with E-state index in [0.717, 1.165) is 30.2 Å². The number of urea groups is 1. The van der Waals surface area contributed by atoms with Crippen LogP contribution in [-0.4, -0.2) is 30.8 Å². The van der Waals surface area contributed by atoms with Gasteiger partial charge in [0.1, 0.15) is 5.01 Å². The number of hydrogen-bond donors (Lipinski definition) is 2. The highest BCUT2D eigenvalue weighted by atomic mass is 32.1. The summed E-state index contributed by atoms with van der Waals surface area (Å²) in [5.41, 5.74) is 1.88. The molecule has 2 N–H and O–H groups in total. The molecule has 0 spiro atoms. The molecular weight excluding hydrogens is 286 g/mol. The zero-order valence-electron chi connectivity index (χ0n) is 12.9. The number of rotatable bonds is 5.